The monoisotopic (exact) mass is 389 g/mol. The van der Waals surface area contributed by atoms with Crippen molar-refractivity contribution in [1.82, 2.24) is 4.90 Å². The summed E-state index contributed by atoms with van der Waals surface area (Å²) in [5.74, 6) is 0.768. The standard InChI is InChI=1S/C26H31NO2/c1-27(2)20-24(17-21-11-6-4-7-12-21)26(28,19-22-13-8-5-9-14-22)23-15-10-16-25(18-23)29-3/h4-16,18,24,28H,17,19-20H2,1-3H3. The third-order valence-corrected chi connectivity index (χ3v) is 5.47. The van der Waals surface area contributed by atoms with Crippen LogP contribution >= 0.6 is 0 Å². The Bertz CT molecular complexity index is 879. The van der Waals surface area contributed by atoms with Gasteiger partial charge in [0.2, 0.25) is 0 Å². The van der Waals surface area contributed by atoms with Crippen LogP contribution in [-0.2, 0) is 18.4 Å². The number of aliphatic hydroxyl groups is 1. The average Bonchev–Trinajstić information content (AvgIpc) is 2.74. The molecule has 0 fully saturated rings. The van der Waals surface area contributed by atoms with Crippen LogP contribution in [0.4, 0.5) is 0 Å². The summed E-state index contributed by atoms with van der Waals surface area (Å²) in [6, 6.07) is 28.5. The highest BCUT2D eigenvalue weighted by Gasteiger charge is 2.39. The second kappa shape index (κ2) is 9.73. The van der Waals surface area contributed by atoms with Crippen molar-refractivity contribution >= 4 is 0 Å². The molecule has 0 aliphatic heterocycles. The predicted molar refractivity (Wildman–Crippen MR) is 119 cm³/mol. The number of hydrogen-bond donors (Lipinski definition) is 1. The van der Waals surface area contributed by atoms with Crippen molar-refractivity contribution in [3.63, 3.8) is 0 Å². The first-order valence-electron chi connectivity index (χ1n) is 10.1. The molecule has 3 aromatic carbocycles. The van der Waals surface area contributed by atoms with E-state index in [4.69, 9.17) is 4.74 Å². The van der Waals surface area contributed by atoms with E-state index >= 15 is 0 Å². The van der Waals surface area contributed by atoms with Crippen LogP contribution in [0.3, 0.4) is 0 Å². The lowest BCUT2D eigenvalue weighted by Gasteiger charge is -2.39. The largest absolute Gasteiger partial charge is 0.497 e. The molecule has 0 saturated carbocycles. The fourth-order valence-electron chi connectivity index (χ4n) is 4.01. The molecule has 152 valence electrons. The lowest BCUT2D eigenvalue weighted by Crippen LogP contribution is -2.43. The number of ether oxygens (including phenoxy) is 1. The van der Waals surface area contributed by atoms with Gasteiger partial charge in [-0.15, -0.1) is 0 Å². The molecule has 3 nitrogen and oxygen atoms in total. The average molecular weight is 390 g/mol. The minimum absolute atomic E-state index is 0.00668. The van der Waals surface area contributed by atoms with E-state index in [2.05, 4.69) is 55.4 Å². The van der Waals surface area contributed by atoms with Crippen LogP contribution in [0.25, 0.3) is 0 Å². The quantitative estimate of drug-likeness (QED) is 0.583. The molecule has 1 N–H and O–H groups in total. The fourth-order valence-corrected chi connectivity index (χ4v) is 4.01. The van der Waals surface area contributed by atoms with Crippen LogP contribution in [0.1, 0.15) is 16.7 Å². The van der Waals surface area contributed by atoms with Crippen molar-refractivity contribution in [2.45, 2.75) is 18.4 Å². The molecule has 3 heteroatoms. The van der Waals surface area contributed by atoms with Crippen LogP contribution in [0, 0.1) is 5.92 Å². The Labute approximate surface area is 174 Å². The summed E-state index contributed by atoms with van der Waals surface area (Å²) in [5.41, 5.74) is 2.21. The molecule has 2 atom stereocenters. The van der Waals surface area contributed by atoms with Crippen LogP contribution in [0.15, 0.2) is 84.9 Å². The highest BCUT2D eigenvalue weighted by atomic mass is 16.5. The topological polar surface area (TPSA) is 32.7 Å². The summed E-state index contributed by atoms with van der Waals surface area (Å²) in [5, 5.41) is 12.2. The maximum absolute atomic E-state index is 12.2. The molecule has 0 aliphatic rings. The SMILES string of the molecule is COc1cccc(C(O)(Cc2ccccc2)C(Cc2ccccc2)CN(C)C)c1. The molecule has 0 radical (unpaired) electrons. The maximum Gasteiger partial charge on any atom is 0.119 e. The number of nitrogens with zero attached hydrogens (tertiary/aromatic N) is 1. The highest BCUT2D eigenvalue weighted by molar-refractivity contribution is 5.35. The van der Waals surface area contributed by atoms with Gasteiger partial charge in [0.25, 0.3) is 0 Å². The first kappa shape index (κ1) is 21.1. The normalized spacial score (nSPS) is 14.4. The van der Waals surface area contributed by atoms with Crippen molar-refractivity contribution in [1.29, 1.82) is 0 Å². The van der Waals surface area contributed by atoms with Gasteiger partial charge in [0.05, 0.1) is 12.7 Å². The molecule has 0 bridgehead atoms. The molecule has 0 saturated heterocycles. The van der Waals surface area contributed by atoms with Crippen LogP contribution in [-0.4, -0.2) is 37.8 Å². The molecular formula is C26H31NO2. The van der Waals surface area contributed by atoms with E-state index in [-0.39, 0.29) is 5.92 Å². The van der Waals surface area contributed by atoms with Gasteiger partial charge in [0.15, 0.2) is 0 Å². The van der Waals surface area contributed by atoms with Gasteiger partial charge < -0.3 is 14.7 Å². The van der Waals surface area contributed by atoms with Crippen LogP contribution in [0.5, 0.6) is 5.75 Å². The molecule has 2 unspecified atom stereocenters. The van der Waals surface area contributed by atoms with Gasteiger partial charge in [0, 0.05) is 18.9 Å². The molecule has 0 amide bonds. The van der Waals surface area contributed by atoms with Crippen molar-refractivity contribution < 1.29 is 9.84 Å². The maximum atomic E-state index is 12.2. The van der Waals surface area contributed by atoms with Crippen LogP contribution in [0.2, 0.25) is 0 Å². The molecule has 3 rings (SSSR count). The summed E-state index contributed by atoms with van der Waals surface area (Å²) in [7, 11) is 5.79. The summed E-state index contributed by atoms with van der Waals surface area (Å²) < 4.78 is 5.46. The molecule has 3 aromatic rings. The Morgan fingerprint density at radius 2 is 1.48 bits per heavy atom. The van der Waals surface area contributed by atoms with E-state index in [0.717, 1.165) is 29.8 Å². The molecule has 0 spiro atoms. The zero-order valence-corrected chi connectivity index (χ0v) is 17.6. The Kier molecular flexibility index (Phi) is 7.08. The lowest BCUT2D eigenvalue weighted by atomic mass is 9.74. The number of benzene rings is 3. The highest BCUT2D eigenvalue weighted by Crippen LogP contribution is 2.37. The summed E-state index contributed by atoms with van der Waals surface area (Å²) in [6.07, 6.45) is 1.34. The van der Waals surface area contributed by atoms with E-state index in [9.17, 15) is 5.11 Å². The molecule has 0 aromatic heterocycles. The van der Waals surface area contributed by atoms with E-state index in [1.165, 1.54) is 5.56 Å². The minimum Gasteiger partial charge on any atom is -0.497 e. The lowest BCUT2D eigenvalue weighted by molar-refractivity contribution is -0.0331. The van der Waals surface area contributed by atoms with Crippen molar-refractivity contribution in [2.75, 3.05) is 27.7 Å². The number of rotatable bonds is 9. The number of hydrogen-bond acceptors (Lipinski definition) is 3. The first-order valence-corrected chi connectivity index (χ1v) is 10.1. The van der Waals surface area contributed by atoms with Crippen molar-refractivity contribution in [3.8, 4) is 5.75 Å². The predicted octanol–water partition coefficient (Wildman–Crippen LogP) is 4.55. The zero-order valence-electron chi connectivity index (χ0n) is 17.6. The van der Waals surface area contributed by atoms with E-state index in [1.54, 1.807) is 7.11 Å². The molecule has 0 heterocycles. The fraction of sp³-hybridized carbons (Fsp3) is 0.308. The van der Waals surface area contributed by atoms with Gasteiger partial charge >= 0.3 is 0 Å². The van der Waals surface area contributed by atoms with E-state index in [1.807, 2.05) is 48.5 Å². The molecular weight excluding hydrogens is 358 g/mol. The Hall–Kier alpha value is -2.62. The summed E-state index contributed by atoms with van der Waals surface area (Å²) in [6.45, 7) is 0.773. The van der Waals surface area contributed by atoms with Gasteiger partial charge in [-0.1, -0.05) is 72.8 Å². The van der Waals surface area contributed by atoms with Crippen molar-refractivity contribution in [3.05, 3.63) is 102 Å². The summed E-state index contributed by atoms with van der Waals surface area (Å²) >= 11 is 0. The Morgan fingerprint density at radius 1 is 0.862 bits per heavy atom. The number of methoxy groups -OCH3 is 1. The van der Waals surface area contributed by atoms with Gasteiger partial charge in [0.1, 0.15) is 5.75 Å². The van der Waals surface area contributed by atoms with Crippen LogP contribution < -0.4 is 4.74 Å². The first-order chi connectivity index (χ1) is 14.0. The summed E-state index contributed by atoms with van der Waals surface area (Å²) in [4.78, 5) is 2.16. The van der Waals surface area contributed by atoms with Gasteiger partial charge in [-0.3, -0.25) is 0 Å². The second-order valence-electron chi connectivity index (χ2n) is 7.97. The molecule has 0 aliphatic carbocycles. The Morgan fingerprint density at radius 3 is 2.07 bits per heavy atom. The second-order valence-corrected chi connectivity index (χ2v) is 7.97. The Balaban J connectivity index is 2.06. The third-order valence-electron chi connectivity index (χ3n) is 5.47. The van der Waals surface area contributed by atoms with Crippen molar-refractivity contribution in [2.24, 2.45) is 5.92 Å². The van der Waals surface area contributed by atoms with Gasteiger partial charge in [-0.2, -0.15) is 0 Å². The minimum atomic E-state index is -1.03. The zero-order chi connectivity index (χ0) is 20.7. The van der Waals surface area contributed by atoms with Gasteiger partial charge in [-0.05, 0) is 49.3 Å². The third kappa shape index (κ3) is 5.47. The smallest absolute Gasteiger partial charge is 0.119 e. The van der Waals surface area contributed by atoms with E-state index in [0.29, 0.717) is 6.42 Å². The molecule has 29 heavy (non-hydrogen) atoms. The van der Waals surface area contributed by atoms with Gasteiger partial charge in [-0.25, -0.2) is 0 Å². The van der Waals surface area contributed by atoms with E-state index < -0.39 is 5.60 Å².